The summed E-state index contributed by atoms with van der Waals surface area (Å²) in [7, 11) is 0. The van der Waals surface area contributed by atoms with Gasteiger partial charge in [0.1, 0.15) is 11.5 Å². The van der Waals surface area contributed by atoms with Gasteiger partial charge in [0.15, 0.2) is 0 Å². The summed E-state index contributed by atoms with van der Waals surface area (Å²) in [5.41, 5.74) is 3.64. The summed E-state index contributed by atoms with van der Waals surface area (Å²) >= 11 is 3.43. The van der Waals surface area contributed by atoms with E-state index in [0.717, 1.165) is 26.9 Å². The van der Waals surface area contributed by atoms with Gasteiger partial charge in [0.2, 0.25) is 0 Å². The Kier molecular flexibility index (Phi) is 4.86. The van der Waals surface area contributed by atoms with E-state index >= 15 is 0 Å². The molecule has 0 amide bonds. The Morgan fingerprint density at radius 1 is 1.08 bits per heavy atom. The lowest BCUT2D eigenvalue weighted by atomic mass is 10.0. The molecule has 25 heavy (non-hydrogen) atoms. The number of halogens is 1. The average Bonchev–Trinajstić information content (AvgIpc) is 3.03. The van der Waals surface area contributed by atoms with E-state index in [2.05, 4.69) is 20.9 Å². The summed E-state index contributed by atoms with van der Waals surface area (Å²) in [6, 6.07) is 14.7. The average molecular weight is 398 g/mol. The van der Waals surface area contributed by atoms with Crippen molar-refractivity contribution in [1.82, 2.24) is 0 Å². The first-order valence-corrected chi connectivity index (χ1v) is 8.48. The molecule has 0 saturated heterocycles. The van der Waals surface area contributed by atoms with Crippen LogP contribution in [0.5, 0.6) is 0 Å². The Hall–Kier alpha value is -2.66. The molecule has 126 valence electrons. The minimum Gasteiger partial charge on any atom is -0.478 e. The summed E-state index contributed by atoms with van der Waals surface area (Å²) in [5, 5.41) is 9.24. The van der Waals surface area contributed by atoms with Crippen molar-refractivity contribution in [2.75, 3.05) is 0 Å². The Morgan fingerprint density at radius 2 is 1.88 bits per heavy atom. The lowest BCUT2D eigenvalue weighted by molar-refractivity contribution is 0.0696. The van der Waals surface area contributed by atoms with Gasteiger partial charge < -0.3 is 9.52 Å². The number of furan rings is 1. The van der Waals surface area contributed by atoms with Gasteiger partial charge in [0, 0.05) is 10.0 Å². The normalized spacial score (nSPS) is 11.2. The van der Waals surface area contributed by atoms with E-state index in [1.165, 1.54) is 0 Å². The van der Waals surface area contributed by atoms with Gasteiger partial charge in [-0.1, -0.05) is 28.1 Å². The first-order chi connectivity index (χ1) is 11.9. The number of carboxylic acid groups (broad SMARTS) is 1. The van der Waals surface area contributed by atoms with Crippen LogP contribution in [0.2, 0.25) is 0 Å². The molecule has 3 rings (SSSR count). The molecule has 0 radical (unpaired) electrons. The van der Waals surface area contributed by atoms with Crippen LogP contribution >= 0.6 is 15.9 Å². The van der Waals surface area contributed by atoms with Crippen LogP contribution in [0.15, 0.2) is 62.4 Å². The van der Waals surface area contributed by atoms with Crippen LogP contribution < -0.4 is 0 Å². The highest BCUT2D eigenvalue weighted by atomic mass is 79.9. The molecule has 0 unspecified atom stereocenters. The minimum atomic E-state index is -0.946. The molecule has 3 aromatic rings. The summed E-state index contributed by atoms with van der Waals surface area (Å²) in [6.45, 7) is 3.76. The largest absolute Gasteiger partial charge is 0.478 e. The molecule has 0 saturated carbocycles. The van der Waals surface area contributed by atoms with E-state index in [1.54, 1.807) is 25.3 Å². The Morgan fingerprint density at radius 3 is 2.60 bits per heavy atom. The van der Waals surface area contributed by atoms with Crippen molar-refractivity contribution < 1.29 is 14.3 Å². The van der Waals surface area contributed by atoms with Crippen molar-refractivity contribution in [3.8, 4) is 11.3 Å². The van der Waals surface area contributed by atoms with Crippen molar-refractivity contribution in [2.24, 2.45) is 4.99 Å². The highest BCUT2D eigenvalue weighted by Gasteiger charge is 2.11. The summed E-state index contributed by atoms with van der Waals surface area (Å²) in [6.07, 6.45) is 1.66. The fraction of sp³-hybridized carbons (Fsp3) is 0.100. The van der Waals surface area contributed by atoms with Gasteiger partial charge in [-0.3, -0.25) is 4.99 Å². The minimum absolute atomic E-state index is 0.273. The van der Waals surface area contributed by atoms with Gasteiger partial charge in [0.25, 0.3) is 0 Å². The number of hydrogen-bond acceptors (Lipinski definition) is 3. The number of carbonyl (C=O) groups is 1. The smallest absolute Gasteiger partial charge is 0.335 e. The van der Waals surface area contributed by atoms with Crippen molar-refractivity contribution in [3.63, 3.8) is 0 Å². The van der Waals surface area contributed by atoms with Crippen molar-refractivity contribution in [3.05, 3.63) is 75.5 Å². The number of nitrogens with zero attached hydrogens (tertiary/aromatic N) is 1. The van der Waals surface area contributed by atoms with E-state index in [1.807, 2.05) is 43.3 Å². The molecule has 0 aliphatic heterocycles. The maximum absolute atomic E-state index is 11.3. The van der Waals surface area contributed by atoms with Crippen molar-refractivity contribution in [2.45, 2.75) is 13.8 Å². The number of aliphatic imine (C=N–C) groups is 1. The molecule has 1 heterocycles. The third-order valence-electron chi connectivity index (χ3n) is 3.87. The van der Waals surface area contributed by atoms with Gasteiger partial charge in [-0.2, -0.15) is 0 Å². The zero-order chi connectivity index (χ0) is 18.0. The van der Waals surface area contributed by atoms with Gasteiger partial charge in [-0.25, -0.2) is 4.79 Å². The maximum Gasteiger partial charge on any atom is 0.335 e. The quantitative estimate of drug-likeness (QED) is 0.567. The predicted octanol–water partition coefficient (Wildman–Crippen LogP) is 5.77. The van der Waals surface area contributed by atoms with Crippen LogP contribution in [0.3, 0.4) is 0 Å². The third-order valence-corrected chi connectivity index (χ3v) is 4.36. The van der Waals surface area contributed by atoms with Crippen LogP contribution in [-0.2, 0) is 0 Å². The van der Waals surface area contributed by atoms with E-state index in [-0.39, 0.29) is 5.56 Å². The monoisotopic (exact) mass is 397 g/mol. The highest BCUT2D eigenvalue weighted by molar-refractivity contribution is 9.10. The zero-order valence-corrected chi connectivity index (χ0v) is 15.4. The summed E-state index contributed by atoms with van der Waals surface area (Å²) in [4.78, 5) is 15.7. The molecule has 0 atom stereocenters. The second-order valence-corrected chi connectivity index (χ2v) is 6.64. The van der Waals surface area contributed by atoms with Crippen LogP contribution in [-0.4, -0.2) is 17.3 Å². The number of aromatic carboxylic acids is 1. The van der Waals surface area contributed by atoms with Gasteiger partial charge in [-0.05, 0) is 61.4 Å². The van der Waals surface area contributed by atoms with E-state index in [0.29, 0.717) is 11.5 Å². The lowest BCUT2D eigenvalue weighted by Crippen LogP contribution is -1.99. The van der Waals surface area contributed by atoms with Gasteiger partial charge in [0.05, 0.1) is 17.5 Å². The van der Waals surface area contributed by atoms with Crippen LogP contribution in [0.25, 0.3) is 11.3 Å². The Balaban J connectivity index is 1.86. The molecule has 0 bridgehead atoms. The fourth-order valence-corrected chi connectivity index (χ4v) is 2.96. The second-order valence-electron chi connectivity index (χ2n) is 5.73. The maximum atomic E-state index is 11.3. The second kappa shape index (κ2) is 7.07. The molecule has 0 fully saturated rings. The van der Waals surface area contributed by atoms with Gasteiger partial charge >= 0.3 is 5.97 Å². The third kappa shape index (κ3) is 3.88. The topological polar surface area (TPSA) is 62.8 Å². The van der Waals surface area contributed by atoms with Crippen molar-refractivity contribution in [1.29, 1.82) is 0 Å². The highest BCUT2D eigenvalue weighted by Crippen LogP contribution is 2.26. The first kappa shape index (κ1) is 17.2. The number of rotatable bonds is 4. The molecule has 1 N–H and O–H groups in total. The number of aryl methyl sites for hydroxylation is 2. The molecule has 1 aromatic heterocycles. The van der Waals surface area contributed by atoms with Gasteiger partial charge in [-0.15, -0.1) is 0 Å². The molecule has 0 spiro atoms. The number of carboxylic acids is 1. The molecular formula is C20H16BrNO3. The molecule has 0 aliphatic rings. The standard InChI is InChI=1S/C20H16BrNO3/c1-12-3-4-14(10-17(12)20(23)24)19-8-6-16(25-19)11-22-18-7-5-15(21)9-13(18)2/h3-11H,1-2H3,(H,23,24). The van der Waals surface area contributed by atoms with E-state index in [4.69, 9.17) is 4.42 Å². The lowest BCUT2D eigenvalue weighted by Gasteiger charge is -2.03. The summed E-state index contributed by atoms with van der Waals surface area (Å²) in [5.74, 6) is 0.268. The molecule has 0 aliphatic carbocycles. The molecule has 4 nitrogen and oxygen atoms in total. The number of hydrogen-bond donors (Lipinski definition) is 1. The van der Waals surface area contributed by atoms with Crippen LogP contribution in [0, 0.1) is 13.8 Å². The first-order valence-electron chi connectivity index (χ1n) is 7.68. The molecular weight excluding hydrogens is 382 g/mol. The molecule has 5 heteroatoms. The molecule has 2 aromatic carbocycles. The van der Waals surface area contributed by atoms with E-state index in [9.17, 15) is 9.90 Å². The Bertz CT molecular complexity index is 973. The SMILES string of the molecule is Cc1cc(Br)ccc1N=Cc1ccc(-c2ccc(C)c(C(=O)O)c2)o1. The van der Waals surface area contributed by atoms with Crippen LogP contribution in [0.4, 0.5) is 5.69 Å². The summed E-state index contributed by atoms with van der Waals surface area (Å²) < 4.78 is 6.79. The van der Waals surface area contributed by atoms with Crippen molar-refractivity contribution >= 4 is 33.8 Å². The fourth-order valence-electron chi connectivity index (χ4n) is 2.48. The predicted molar refractivity (Wildman–Crippen MR) is 102 cm³/mol. The Labute approximate surface area is 154 Å². The number of benzene rings is 2. The van der Waals surface area contributed by atoms with E-state index < -0.39 is 5.97 Å². The van der Waals surface area contributed by atoms with Crippen LogP contribution in [0.1, 0.15) is 27.2 Å². The zero-order valence-electron chi connectivity index (χ0n) is 13.8.